The van der Waals surface area contributed by atoms with Crippen LogP contribution in [0.25, 0.3) is 0 Å². The van der Waals surface area contributed by atoms with E-state index < -0.39 is 0 Å². The summed E-state index contributed by atoms with van der Waals surface area (Å²) in [6.07, 6.45) is 3.95. The van der Waals surface area contributed by atoms with E-state index in [0.29, 0.717) is 5.15 Å². The third-order valence-corrected chi connectivity index (χ3v) is 3.74. The summed E-state index contributed by atoms with van der Waals surface area (Å²) < 4.78 is 1.70. The Labute approximate surface area is 106 Å². The van der Waals surface area contributed by atoms with Crippen molar-refractivity contribution >= 4 is 23.4 Å². The number of nitrogens with zero attached hydrogens (tertiary/aromatic N) is 2. The highest BCUT2D eigenvalue weighted by Gasteiger charge is 2.15. The van der Waals surface area contributed by atoms with Crippen LogP contribution in [-0.4, -0.2) is 27.8 Å². The van der Waals surface area contributed by atoms with Gasteiger partial charge in [-0.25, -0.2) is 0 Å². The minimum absolute atomic E-state index is 0.257. The van der Waals surface area contributed by atoms with E-state index in [4.69, 9.17) is 17.4 Å². The van der Waals surface area contributed by atoms with E-state index in [1.54, 1.807) is 4.68 Å². The molecular weight excluding hydrogens is 244 g/mol. The lowest BCUT2D eigenvalue weighted by molar-refractivity contribution is 0.513. The summed E-state index contributed by atoms with van der Waals surface area (Å²) in [6.45, 7) is 1.98. The van der Waals surface area contributed by atoms with E-state index >= 15 is 0 Å². The number of hydrazine groups is 1. The second-order valence-corrected chi connectivity index (χ2v) is 5.17. The Balaban J connectivity index is 2.69. The van der Waals surface area contributed by atoms with Gasteiger partial charge in [-0.3, -0.25) is 16.0 Å². The van der Waals surface area contributed by atoms with Gasteiger partial charge in [-0.15, -0.1) is 0 Å². The molecule has 0 fully saturated rings. The number of halogens is 1. The van der Waals surface area contributed by atoms with Crippen molar-refractivity contribution < 1.29 is 0 Å². The van der Waals surface area contributed by atoms with Crippen LogP contribution in [0.15, 0.2) is 0 Å². The molecule has 3 N–H and O–H groups in total. The zero-order valence-electron chi connectivity index (χ0n) is 9.96. The van der Waals surface area contributed by atoms with Gasteiger partial charge >= 0.3 is 0 Å². The van der Waals surface area contributed by atoms with Gasteiger partial charge in [-0.1, -0.05) is 11.6 Å². The first kappa shape index (κ1) is 13.8. The van der Waals surface area contributed by atoms with E-state index in [2.05, 4.69) is 16.8 Å². The van der Waals surface area contributed by atoms with Gasteiger partial charge in [0, 0.05) is 18.7 Å². The molecule has 1 rings (SSSR count). The van der Waals surface area contributed by atoms with Gasteiger partial charge in [-0.2, -0.15) is 16.9 Å². The predicted molar refractivity (Wildman–Crippen MR) is 70.8 cm³/mol. The van der Waals surface area contributed by atoms with Crippen molar-refractivity contribution in [2.45, 2.75) is 25.8 Å². The standard InChI is InChI=1S/C10H19ClN4S/c1-7-9(10(11)15(2)14-7)6-8(13-12)4-5-16-3/h8,13H,4-6,12H2,1-3H3. The average molecular weight is 263 g/mol. The molecule has 0 bridgehead atoms. The smallest absolute Gasteiger partial charge is 0.130 e. The molecule has 1 unspecified atom stereocenters. The average Bonchev–Trinajstić information content (AvgIpc) is 2.50. The van der Waals surface area contributed by atoms with E-state index in [1.807, 2.05) is 25.7 Å². The summed E-state index contributed by atoms with van der Waals surface area (Å²) in [4.78, 5) is 0. The summed E-state index contributed by atoms with van der Waals surface area (Å²) in [5.74, 6) is 6.63. The zero-order valence-corrected chi connectivity index (χ0v) is 11.5. The molecule has 0 amide bonds. The van der Waals surface area contributed by atoms with Crippen LogP contribution in [0.2, 0.25) is 5.15 Å². The van der Waals surface area contributed by atoms with Gasteiger partial charge in [0.2, 0.25) is 0 Å². The Morgan fingerprint density at radius 2 is 2.31 bits per heavy atom. The van der Waals surface area contributed by atoms with E-state index in [0.717, 1.165) is 29.9 Å². The molecule has 0 spiro atoms. The molecule has 92 valence electrons. The van der Waals surface area contributed by atoms with Crippen LogP contribution < -0.4 is 11.3 Å². The normalized spacial score (nSPS) is 13.1. The molecule has 1 aromatic heterocycles. The monoisotopic (exact) mass is 262 g/mol. The molecule has 1 aromatic rings. The third kappa shape index (κ3) is 3.38. The summed E-state index contributed by atoms with van der Waals surface area (Å²) in [6, 6.07) is 0.257. The molecule has 4 nitrogen and oxygen atoms in total. The number of hydrogen-bond donors (Lipinski definition) is 2. The summed E-state index contributed by atoms with van der Waals surface area (Å²) in [7, 11) is 1.85. The van der Waals surface area contributed by atoms with Gasteiger partial charge in [-0.05, 0) is 31.8 Å². The Bertz CT molecular complexity index is 340. The number of aromatic nitrogens is 2. The largest absolute Gasteiger partial charge is 0.271 e. The predicted octanol–water partition coefficient (Wildman–Crippen LogP) is 1.51. The first-order valence-corrected chi connectivity index (χ1v) is 7.00. The van der Waals surface area contributed by atoms with Gasteiger partial charge in [0.15, 0.2) is 0 Å². The number of nitrogens with two attached hydrogens (primary N) is 1. The molecule has 16 heavy (non-hydrogen) atoms. The fraction of sp³-hybridized carbons (Fsp3) is 0.700. The molecule has 0 aromatic carbocycles. The minimum atomic E-state index is 0.257. The van der Waals surface area contributed by atoms with Crippen LogP contribution in [0.4, 0.5) is 0 Å². The zero-order chi connectivity index (χ0) is 12.1. The van der Waals surface area contributed by atoms with Crippen molar-refractivity contribution in [3.63, 3.8) is 0 Å². The maximum absolute atomic E-state index is 6.18. The molecule has 0 saturated heterocycles. The van der Waals surface area contributed by atoms with Crippen molar-refractivity contribution in [3.8, 4) is 0 Å². The van der Waals surface area contributed by atoms with Crippen LogP contribution in [0.5, 0.6) is 0 Å². The third-order valence-electron chi connectivity index (χ3n) is 2.63. The first-order chi connectivity index (χ1) is 7.60. The summed E-state index contributed by atoms with van der Waals surface area (Å²) in [5.41, 5.74) is 4.91. The van der Waals surface area contributed by atoms with Crippen LogP contribution in [0.3, 0.4) is 0 Å². The summed E-state index contributed by atoms with van der Waals surface area (Å²) in [5, 5.41) is 5.00. The number of nitrogens with one attached hydrogen (secondary N) is 1. The first-order valence-electron chi connectivity index (χ1n) is 5.23. The fourth-order valence-corrected chi connectivity index (χ4v) is 2.43. The molecule has 1 heterocycles. The number of rotatable bonds is 6. The topological polar surface area (TPSA) is 55.9 Å². The molecule has 0 aliphatic carbocycles. The highest BCUT2D eigenvalue weighted by Crippen LogP contribution is 2.21. The van der Waals surface area contributed by atoms with Gasteiger partial charge in [0.05, 0.1) is 5.69 Å². The molecule has 0 saturated carbocycles. The minimum Gasteiger partial charge on any atom is -0.271 e. The molecule has 0 aliphatic rings. The second kappa shape index (κ2) is 6.49. The van der Waals surface area contributed by atoms with Crippen LogP contribution >= 0.6 is 23.4 Å². The fourth-order valence-electron chi connectivity index (χ4n) is 1.66. The molecular formula is C10H19ClN4S. The van der Waals surface area contributed by atoms with Gasteiger partial charge < -0.3 is 0 Å². The lowest BCUT2D eigenvalue weighted by Crippen LogP contribution is -2.37. The van der Waals surface area contributed by atoms with Crippen molar-refractivity contribution in [2.75, 3.05) is 12.0 Å². The highest BCUT2D eigenvalue weighted by atomic mass is 35.5. The van der Waals surface area contributed by atoms with Crippen molar-refractivity contribution in [1.82, 2.24) is 15.2 Å². The molecule has 0 radical (unpaired) electrons. The van der Waals surface area contributed by atoms with E-state index in [-0.39, 0.29) is 6.04 Å². The number of thioether (sulfide) groups is 1. The SMILES string of the molecule is CSCCC(Cc1c(C)nn(C)c1Cl)NN. The van der Waals surface area contributed by atoms with E-state index in [9.17, 15) is 0 Å². The molecule has 1 atom stereocenters. The van der Waals surface area contributed by atoms with Crippen molar-refractivity contribution in [2.24, 2.45) is 12.9 Å². The van der Waals surface area contributed by atoms with E-state index in [1.165, 1.54) is 0 Å². The van der Waals surface area contributed by atoms with Crippen LogP contribution in [0, 0.1) is 6.92 Å². The molecule has 0 aliphatic heterocycles. The maximum atomic E-state index is 6.18. The number of hydrogen-bond acceptors (Lipinski definition) is 4. The van der Waals surface area contributed by atoms with Crippen LogP contribution in [-0.2, 0) is 13.5 Å². The maximum Gasteiger partial charge on any atom is 0.130 e. The Morgan fingerprint density at radius 3 is 2.75 bits per heavy atom. The number of aryl methyl sites for hydroxylation is 2. The second-order valence-electron chi connectivity index (χ2n) is 3.83. The Kier molecular flexibility index (Phi) is 5.61. The van der Waals surface area contributed by atoms with Crippen molar-refractivity contribution in [3.05, 3.63) is 16.4 Å². The molecule has 6 heteroatoms. The summed E-state index contributed by atoms with van der Waals surface area (Å²) >= 11 is 8.00. The van der Waals surface area contributed by atoms with Crippen molar-refractivity contribution in [1.29, 1.82) is 0 Å². The van der Waals surface area contributed by atoms with Gasteiger partial charge in [0.25, 0.3) is 0 Å². The lowest BCUT2D eigenvalue weighted by atomic mass is 10.1. The van der Waals surface area contributed by atoms with Gasteiger partial charge in [0.1, 0.15) is 5.15 Å². The quantitative estimate of drug-likeness (QED) is 0.603. The van der Waals surface area contributed by atoms with Crippen LogP contribution in [0.1, 0.15) is 17.7 Å². The highest BCUT2D eigenvalue weighted by molar-refractivity contribution is 7.98. The Hall–Kier alpha value is -0.230. The Morgan fingerprint density at radius 1 is 1.62 bits per heavy atom. The lowest BCUT2D eigenvalue weighted by Gasteiger charge is -2.14.